The maximum absolute atomic E-state index is 15.7. The number of fused-ring (bicyclic) bond motifs is 14. The quantitative estimate of drug-likeness (QED) is 0.101. The third-order valence-electron chi connectivity index (χ3n) is 14.9. The first-order valence-electron chi connectivity index (χ1n) is 26.1. The van der Waals surface area contributed by atoms with Gasteiger partial charge in [-0.25, -0.2) is 4.79 Å². The van der Waals surface area contributed by atoms with Gasteiger partial charge in [-0.3, -0.25) is 28.8 Å². The molecule has 22 nitrogen and oxygen atoms in total. The topological polar surface area (TPSA) is 344 Å². The number of amides is 6. The molecular weight excluding hydrogens is 1070 g/mol. The van der Waals surface area contributed by atoms with Crippen molar-refractivity contribution in [2.24, 2.45) is 5.73 Å². The van der Waals surface area contributed by atoms with E-state index in [0.29, 0.717) is 33.2 Å². The summed E-state index contributed by atoms with van der Waals surface area (Å²) in [4.78, 5) is 107. The van der Waals surface area contributed by atoms with Gasteiger partial charge in [0, 0.05) is 42.6 Å². The van der Waals surface area contributed by atoms with Crippen LogP contribution in [0.3, 0.4) is 0 Å². The van der Waals surface area contributed by atoms with E-state index in [1.54, 1.807) is 48.7 Å². The molecule has 0 spiro atoms. The number of carboxylic acids is 1. The van der Waals surface area contributed by atoms with Crippen molar-refractivity contribution >= 4 is 52.3 Å². The van der Waals surface area contributed by atoms with Crippen LogP contribution in [0.2, 0.25) is 0 Å². The van der Waals surface area contributed by atoms with Gasteiger partial charge in [-0.1, -0.05) is 66.7 Å². The lowest BCUT2D eigenvalue weighted by Crippen LogP contribution is -2.55. The van der Waals surface area contributed by atoms with Crippen molar-refractivity contribution in [2.45, 2.75) is 55.1 Å². The Labute approximate surface area is 471 Å². The molecule has 0 radical (unpaired) electrons. The van der Waals surface area contributed by atoms with Gasteiger partial charge >= 0.3 is 5.97 Å². The van der Waals surface area contributed by atoms with Gasteiger partial charge in [0.15, 0.2) is 29.0 Å². The molecular formula is C61H52N8O14. The molecule has 13 N–H and O–H groups in total. The molecule has 22 heteroatoms. The normalized spacial score (nSPS) is 20.3. The number of phenols is 4. The molecule has 0 saturated carbocycles. The number of nitrogens with zero attached hydrogens (tertiary/aromatic N) is 1. The Morgan fingerprint density at radius 3 is 1.88 bits per heavy atom. The van der Waals surface area contributed by atoms with Crippen LogP contribution in [0.25, 0.3) is 22.0 Å². The first-order valence-corrected chi connectivity index (χ1v) is 26.1. The Bertz CT molecular complexity index is 3910. The largest absolute Gasteiger partial charge is 0.508 e. The number of aromatic hydroxyl groups is 4. The highest BCUT2D eigenvalue weighted by atomic mass is 16.5. The molecule has 6 aliphatic rings. The highest BCUT2D eigenvalue weighted by molar-refractivity contribution is 5.99. The molecule has 7 atom stereocenters. The highest BCUT2D eigenvalue weighted by Crippen LogP contribution is 2.44. The molecule has 1 unspecified atom stereocenters. The first kappa shape index (κ1) is 54.1. The number of benzene rings is 7. The van der Waals surface area contributed by atoms with Crippen LogP contribution in [0.15, 0.2) is 152 Å². The number of ether oxygens (including phenoxy) is 2. The van der Waals surface area contributed by atoms with Crippen molar-refractivity contribution in [3.8, 4) is 57.1 Å². The number of phenolic OH excluding ortho intramolecular Hbond substituents is 4. The van der Waals surface area contributed by atoms with Gasteiger partial charge < -0.3 is 77.2 Å². The lowest BCUT2D eigenvalue weighted by Gasteiger charge is -2.33. The maximum atomic E-state index is 15.7. The molecule has 1 aromatic heterocycles. The van der Waals surface area contributed by atoms with E-state index in [1.807, 2.05) is 0 Å². The lowest BCUT2D eigenvalue weighted by atomic mass is 9.94. The number of aromatic nitrogens is 1. The third-order valence-corrected chi connectivity index (χ3v) is 14.9. The van der Waals surface area contributed by atoms with E-state index in [4.69, 9.17) is 15.2 Å². The van der Waals surface area contributed by atoms with Crippen LogP contribution in [0.5, 0.6) is 46.0 Å². The van der Waals surface area contributed by atoms with Gasteiger partial charge in [0.25, 0.3) is 0 Å². The Kier molecular flexibility index (Phi) is 14.3. The van der Waals surface area contributed by atoms with Crippen LogP contribution >= 0.6 is 0 Å². The summed E-state index contributed by atoms with van der Waals surface area (Å²) >= 11 is 0. The zero-order valence-electron chi connectivity index (χ0n) is 43.8. The number of likely N-dealkylation sites (N-methyl/N-ethyl adjacent to an activating group) is 1. The number of aromatic amines is 1. The molecule has 0 aliphatic carbocycles. The maximum Gasteiger partial charge on any atom is 0.330 e. The summed E-state index contributed by atoms with van der Waals surface area (Å²) in [5.41, 5.74) is 9.02. The molecule has 7 heterocycles. The SMILES string of the molecule is CN1C(=O)[C@@H]2NC(=O)[C@@H]3NC(=O)[C@@H](c4ccc(O)cc4)NC(=O)[C@H](NC(=O)C(N)c4ccc(O)cc4)Cc4c[nH]c5cc(ccc45)-c4cc3cc(c4O)Oc3ccc(cc3)C[C@H]1C(=O)N[C@@H](C(=O)O)c1ccc(O)c(c1)Oc1ccc2cc1. The van der Waals surface area contributed by atoms with Gasteiger partial charge in [0.05, 0.1) is 0 Å². The van der Waals surface area contributed by atoms with Crippen LogP contribution in [0.4, 0.5) is 0 Å². The van der Waals surface area contributed by atoms with Crippen molar-refractivity contribution in [1.82, 2.24) is 36.5 Å². The van der Waals surface area contributed by atoms with E-state index >= 15 is 14.4 Å². The number of H-pyrrole nitrogens is 1. The predicted molar refractivity (Wildman–Crippen MR) is 297 cm³/mol. The second-order valence-corrected chi connectivity index (χ2v) is 20.3. The standard InChI is InChI=1S/C61H52N8O14/c1-69-45-22-29-2-16-39(17-3-29)83-48-27-35-23-42(54(48)73)33-10-20-41-36(28-63-43(41)24-33)25-44(64-57(76)49(62)30-4-12-37(70)13-5-30)55(74)65-50(31-6-14-38(71)15-7-31)58(77)66-51(35)59(78)67-52(60(69)79)32-8-18-40(19-9-32)82-47-26-34(11-21-46(47)72)53(61(80)81)68-56(45)75/h2-21,23-24,26-28,44-45,49-53,63,70-73H,22,25,62H2,1H3,(H,64,76)(H,65,74)(H,66,77)(H,67,78)(H,68,75)(H,80,81)/t44-,45+,49?,50-,51-,52-,53-/m1/s1. The van der Waals surface area contributed by atoms with E-state index in [0.717, 1.165) is 4.90 Å². The summed E-state index contributed by atoms with van der Waals surface area (Å²) in [5, 5.41) is 68.1. The number of nitrogens with two attached hydrogens (primary N) is 1. The fraction of sp³-hybridized carbons (Fsp3) is 0.164. The van der Waals surface area contributed by atoms with Gasteiger partial charge in [-0.05, 0) is 123 Å². The smallest absolute Gasteiger partial charge is 0.330 e. The van der Waals surface area contributed by atoms with E-state index in [1.165, 1.54) is 110 Å². The minimum absolute atomic E-state index is 0.0221. The molecule has 15 bridgehead atoms. The Morgan fingerprint density at radius 1 is 0.614 bits per heavy atom. The Morgan fingerprint density at radius 2 is 1.19 bits per heavy atom. The van der Waals surface area contributed by atoms with Gasteiger partial charge in [-0.2, -0.15) is 0 Å². The summed E-state index contributed by atoms with van der Waals surface area (Å²) in [6.45, 7) is 0. The number of hydrogen-bond acceptors (Lipinski definition) is 14. The van der Waals surface area contributed by atoms with Crippen LogP contribution in [0, 0.1) is 0 Å². The molecule has 0 fully saturated rings. The minimum Gasteiger partial charge on any atom is -0.508 e. The minimum atomic E-state index is -1.86. The zero-order chi connectivity index (χ0) is 58.4. The van der Waals surface area contributed by atoms with Crippen LogP contribution < -0.4 is 41.8 Å². The summed E-state index contributed by atoms with van der Waals surface area (Å²) in [6, 6.07) is 23.4. The predicted octanol–water partition coefficient (Wildman–Crippen LogP) is 5.49. The Hall–Kier alpha value is -10.9. The van der Waals surface area contributed by atoms with Gasteiger partial charge in [0.1, 0.15) is 59.2 Å². The monoisotopic (exact) mass is 1120 g/mol. The summed E-state index contributed by atoms with van der Waals surface area (Å²) < 4.78 is 12.4. The summed E-state index contributed by atoms with van der Waals surface area (Å²) in [7, 11) is 1.31. The number of hydrogen-bond donors (Lipinski definition) is 12. The first-order chi connectivity index (χ1) is 39.8. The molecule has 7 aromatic carbocycles. The molecule has 83 heavy (non-hydrogen) atoms. The van der Waals surface area contributed by atoms with Crippen molar-refractivity contribution in [3.05, 3.63) is 191 Å². The fourth-order valence-corrected chi connectivity index (χ4v) is 10.4. The third kappa shape index (κ3) is 11.0. The number of carboxylic acid groups (broad SMARTS) is 1. The summed E-state index contributed by atoms with van der Waals surface area (Å²) in [6.07, 6.45) is 1.26. The number of carbonyl (C=O) groups is 7. The van der Waals surface area contributed by atoms with Crippen LogP contribution in [0.1, 0.15) is 69.2 Å². The average molecular weight is 1120 g/mol. The molecule has 6 amide bonds. The second kappa shape index (κ2) is 22.0. The van der Waals surface area contributed by atoms with Gasteiger partial charge in [0.2, 0.25) is 35.4 Å². The highest BCUT2D eigenvalue weighted by Gasteiger charge is 2.39. The zero-order valence-corrected chi connectivity index (χ0v) is 43.8. The van der Waals surface area contributed by atoms with E-state index < -0.39 is 89.5 Å². The summed E-state index contributed by atoms with van der Waals surface area (Å²) in [5.74, 6) is -8.12. The van der Waals surface area contributed by atoms with Crippen molar-refractivity contribution < 1.29 is 68.6 Å². The van der Waals surface area contributed by atoms with Crippen LogP contribution in [-0.4, -0.2) is 96.0 Å². The molecule has 8 aromatic rings. The van der Waals surface area contributed by atoms with E-state index in [-0.39, 0.29) is 80.9 Å². The molecule has 14 rings (SSSR count). The molecule has 0 saturated heterocycles. The van der Waals surface area contributed by atoms with Crippen molar-refractivity contribution in [1.29, 1.82) is 0 Å². The molecule has 420 valence electrons. The van der Waals surface area contributed by atoms with E-state index in [9.17, 15) is 44.7 Å². The second-order valence-electron chi connectivity index (χ2n) is 20.3. The van der Waals surface area contributed by atoms with E-state index in [2.05, 4.69) is 31.6 Å². The van der Waals surface area contributed by atoms with Crippen molar-refractivity contribution in [3.63, 3.8) is 0 Å². The Balaban J connectivity index is 1.08. The average Bonchev–Trinajstić information content (AvgIpc) is 3.77. The number of aliphatic carboxylic acids is 1. The lowest BCUT2D eigenvalue weighted by molar-refractivity contribution is -0.145. The fourth-order valence-electron chi connectivity index (χ4n) is 10.4. The van der Waals surface area contributed by atoms with Crippen LogP contribution in [-0.2, 0) is 46.4 Å². The molecule has 6 aliphatic heterocycles. The number of nitrogens with one attached hydrogen (secondary N) is 6. The van der Waals surface area contributed by atoms with Gasteiger partial charge in [-0.15, -0.1) is 0 Å². The van der Waals surface area contributed by atoms with Crippen molar-refractivity contribution in [2.75, 3.05) is 7.05 Å². The number of rotatable bonds is 5. The number of carbonyl (C=O) groups excluding carboxylic acids is 6.